The number of hydrogen-bond acceptors (Lipinski definition) is 2. The summed E-state index contributed by atoms with van der Waals surface area (Å²) in [7, 11) is 2.14. The first-order chi connectivity index (χ1) is 17.7. The Hall–Kier alpha value is -3.72. The van der Waals surface area contributed by atoms with Crippen LogP contribution in [0.1, 0.15) is 39.5 Å². The first-order valence-electron chi connectivity index (χ1n) is 13.2. The number of hydrogen-bond donors (Lipinski definition) is 0. The average molecular weight is 477 g/mol. The molecule has 5 aromatic rings. The van der Waals surface area contributed by atoms with E-state index in [1.807, 2.05) is 0 Å². The maximum atomic E-state index is 6.19. The van der Waals surface area contributed by atoms with Gasteiger partial charge in [-0.3, -0.25) is 0 Å². The summed E-state index contributed by atoms with van der Waals surface area (Å²) < 4.78 is 8.46. The highest BCUT2D eigenvalue weighted by molar-refractivity contribution is 6.09. The minimum Gasteiger partial charge on any atom is -0.493 e. The summed E-state index contributed by atoms with van der Waals surface area (Å²) in [5, 5.41) is 2.55. The zero-order chi connectivity index (χ0) is 24.9. The second-order valence-electron chi connectivity index (χ2n) is 9.67. The molecule has 0 saturated carbocycles. The number of benzene rings is 4. The fraction of sp³-hybridized carbons (Fsp3) is 0.273. The van der Waals surface area contributed by atoms with Crippen LogP contribution >= 0.6 is 0 Å². The van der Waals surface area contributed by atoms with Gasteiger partial charge in [0.1, 0.15) is 5.75 Å². The Kier molecular flexibility index (Phi) is 7.27. The van der Waals surface area contributed by atoms with Crippen LogP contribution in [0.15, 0.2) is 97.1 Å². The highest BCUT2D eigenvalue weighted by atomic mass is 16.5. The van der Waals surface area contributed by atoms with Gasteiger partial charge in [0.2, 0.25) is 0 Å². The number of rotatable bonds is 10. The van der Waals surface area contributed by atoms with Gasteiger partial charge in [0.25, 0.3) is 0 Å². The van der Waals surface area contributed by atoms with Gasteiger partial charge in [-0.1, -0.05) is 69.5 Å². The van der Waals surface area contributed by atoms with Gasteiger partial charge in [0.15, 0.2) is 0 Å². The molecular formula is C33H36N2O. The van der Waals surface area contributed by atoms with Crippen molar-refractivity contribution in [1.29, 1.82) is 0 Å². The fourth-order valence-corrected chi connectivity index (χ4v) is 5.12. The normalized spacial score (nSPS) is 12.2. The van der Waals surface area contributed by atoms with Gasteiger partial charge in [-0.15, -0.1) is 0 Å². The van der Waals surface area contributed by atoms with Gasteiger partial charge in [-0.2, -0.15) is 0 Å². The smallest absolute Gasteiger partial charge is 0.119 e. The van der Waals surface area contributed by atoms with Crippen molar-refractivity contribution < 1.29 is 4.74 Å². The van der Waals surface area contributed by atoms with Crippen LogP contribution in [-0.4, -0.2) is 11.2 Å². The predicted molar refractivity (Wildman–Crippen MR) is 154 cm³/mol. The lowest BCUT2D eigenvalue weighted by molar-refractivity contribution is 0.233. The molecule has 36 heavy (non-hydrogen) atoms. The summed E-state index contributed by atoms with van der Waals surface area (Å²) in [6, 6.07) is 34.5. The third-order valence-corrected chi connectivity index (χ3v) is 7.29. The molecule has 0 aliphatic carbocycles. The number of nitrogens with zero attached hydrogens (tertiary/aromatic N) is 2. The Morgan fingerprint density at radius 2 is 1.39 bits per heavy atom. The molecule has 5 rings (SSSR count). The molecule has 0 aliphatic rings. The molecule has 1 aromatic heterocycles. The SMILES string of the molecule is CCCCC(CC)COc1ccc(N(c2ccccc2)c2ccc3c(c2)c2ccccc2n3C)cc1. The minimum absolute atomic E-state index is 0.623. The van der Waals surface area contributed by atoms with E-state index in [1.54, 1.807) is 0 Å². The summed E-state index contributed by atoms with van der Waals surface area (Å²) in [6.07, 6.45) is 4.92. The molecule has 0 bridgehead atoms. The Morgan fingerprint density at radius 1 is 0.722 bits per heavy atom. The number of aromatic nitrogens is 1. The minimum atomic E-state index is 0.623. The van der Waals surface area contributed by atoms with E-state index < -0.39 is 0 Å². The molecule has 0 aliphatic heterocycles. The molecule has 0 amide bonds. The molecule has 0 fully saturated rings. The Bertz CT molecular complexity index is 1420. The van der Waals surface area contributed by atoms with Gasteiger partial charge in [0.05, 0.1) is 6.61 Å². The molecule has 184 valence electrons. The van der Waals surface area contributed by atoms with Gasteiger partial charge < -0.3 is 14.2 Å². The lowest BCUT2D eigenvalue weighted by atomic mass is 10.0. The first-order valence-corrected chi connectivity index (χ1v) is 13.2. The summed E-state index contributed by atoms with van der Waals surface area (Å²) in [5.74, 6) is 1.56. The van der Waals surface area contributed by atoms with Gasteiger partial charge >= 0.3 is 0 Å². The van der Waals surface area contributed by atoms with E-state index in [4.69, 9.17) is 4.74 Å². The first kappa shape index (κ1) is 24.0. The van der Waals surface area contributed by atoms with Gasteiger partial charge in [-0.05, 0) is 73.0 Å². The third kappa shape index (κ3) is 4.83. The van der Waals surface area contributed by atoms with Crippen molar-refractivity contribution in [2.24, 2.45) is 13.0 Å². The summed E-state index contributed by atoms with van der Waals surface area (Å²) in [5.41, 5.74) is 5.89. The van der Waals surface area contributed by atoms with Crippen LogP contribution in [0.2, 0.25) is 0 Å². The van der Waals surface area contributed by atoms with Crippen LogP contribution < -0.4 is 9.64 Å². The number of anilines is 3. The monoisotopic (exact) mass is 476 g/mol. The zero-order valence-corrected chi connectivity index (χ0v) is 21.7. The van der Waals surface area contributed by atoms with Crippen LogP contribution in [0.4, 0.5) is 17.1 Å². The van der Waals surface area contributed by atoms with Crippen LogP contribution in [0.3, 0.4) is 0 Å². The summed E-state index contributed by atoms with van der Waals surface area (Å²) >= 11 is 0. The van der Waals surface area contributed by atoms with Crippen molar-refractivity contribution in [3.8, 4) is 5.75 Å². The van der Waals surface area contributed by atoms with E-state index in [9.17, 15) is 0 Å². The van der Waals surface area contributed by atoms with Crippen molar-refractivity contribution in [2.75, 3.05) is 11.5 Å². The predicted octanol–water partition coefficient (Wildman–Crippen LogP) is 9.40. The van der Waals surface area contributed by atoms with Crippen LogP contribution in [-0.2, 0) is 7.05 Å². The standard InChI is InChI=1S/C33H36N2O/c1-4-6-12-25(5-2)24-36-29-20-17-27(18-21-29)35(26-13-8-7-9-14-26)28-19-22-33-31(23-28)30-15-10-11-16-32(30)34(33)3/h7-11,13-23,25H,4-6,12,24H2,1-3H3. The van der Waals surface area contributed by atoms with Crippen LogP contribution in [0.25, 0.3) is 21.8 Å². The van der Waals surface area contributed by atoms with E-state index in [1.165, 1.54) is 41.1 Å². The molecule has 3 nitrogen and oxygen atoms in total. The fourth-order valence-electron chi connectivity index (χ4n) is 5.12. The number of unbranched alkanes of at least 4 members (excludes halogenated alkanes) is 1. The molecule has 0 saturated heterocycles. The molecule has 0 spiro atoms. The second-order valence-corrected chi connectivity index (χ2v) is 9.67. The summed E-state index contributed by atoms with van der Waals surface area (Å²) in [6.45, 7) is 5.30. The van der Waals surface area contributed by atoms with Crippen molar-refractivity contribution in [3.05, 3.63) is 97.1 Å². The second kappa shape index (κ2) is 10.9. The van der Waals surface area contributed by atoms with E-state index in [2.05, 4.69) is 127 Å². The number of aryl methyl sites for hydroxylation is 1. The molecule has 3 heteroatoms. The number of fused-ring (bicyclic) bond motifs is 3. The molecule has 0 radical (unpaired) electrons. The van der Waals surface area contributed by atoms with Crippen molar-refractivity contribution >= 4 is 38.9 Å². The van der Waals surface area contributed by atoms with Crippen molar-refractivity contribution in [3.63, 3.8) is 0 Å². The highest BCUT2D eigenvalue weighted by Gasteiger charge is 2.16. The topological polar surface area (TPSA) is 17.4 Å². The molecule has 1 atom stereocenters. The maximum absolute atomic E-state index is 6.19. The molecule has 1 unspecified atom stereocenters. The molecule has 4 aromatic carbocycles. The highest BCUT2D eigenvalue weighted by Crippen LogP contribution is 2.38. The zero-order valence-electron chi connectivity index (χ0n) is 21.7. The van der Waals surface area contributed by atoms with E-state index in [-0.39, 0.29) is 0 Å². The third-order valence-electron chi connectivity index (χ3n) is 7.29. The van der Waals surface area contributed by atoms with Gasteiger partial charge in [0, 0.05) is 45.9 Å². The van der Waals surface area contributed by atoms with Crippen LogP contribution in [0, 0.1) is 5.92 Å². The largest absolute Gasteiger partial charge is 0.493 e. The molecule has 0 N–H and O–H groups in total. The maximum Gasteiger partial charge on any atom is 0.119 e. The van der Waals surface area contributed by atoms with Crippen molar-refractivity contribution in [2.45, 2.75) is 39.5 Å². The lowest BCUT2D eigenvalue weighted by Crippen LogP contribution is -2.12. The van der Waals surface area contributed by atoms with Crippen molar-refractivity contribution in [1.82, 2.24) is 4.57 Å². The molecular weight excluding hydrogens is 440 g/mol. The molecule has 1 heterocycles. The lowest BCUT2D eigenvalue weighted by Gasteiger charge is -2.26. The Morgan fingerprint density at radius 3 is 2.14 bits per heavy atom. The van der Waals surface area contributed by atoms with E-state index in [0.29, 0.717) is 5.92 Å². The Labute approximate surface area is 214 Å². The number of ether oxygens (including phenoxy) is 1. The average Bonchev–Trinajstić information content (AvgIpc) is 3.22. The van der Waals surface area contributed by atoms with Crippen LogP contribution in [0.5, 0.6) is 5.75 Å². The van der Waals surface area contributed by atoms with E-state index >= 15 is 0 Å². The van der Waals surface area contributed by atoms with E-state index in [0.717, 1.165) is 35.8 Å². The Balaban J connectivity index is 1.48. The number of para-hydroxylation sites is 2. The summed E-state index contributed by atoms with van der Waals surface area (Å²) in [4.78, 5) is 2.32. The quantitative estimate of drug-likeness (QED) is 0.200. The van der Waals surface area contributed by atoms with Gasteiger partial charge in [-0.25, -0.2) is 0 Å².